The minimum atomic E-state index is -0.220. The molecule has 0 bridgehead atoms. The number of hydrogen-bond acceptors (Lipinski definition) is 5. The third kappa shape index (κ3) is 3.13. The van der Waals surface area contributed by atoms with E-state index in [2.05, 4.69) is 9.97 Å². The number of aromatic amines is 1. The fourth-order valence-electron chi connectivity index (χ4n) is 3.51. The molecule has 1 atom stereocenters. The molecule has 8 heteroatoms. The zero-order valence-electron chi connectivity index (χ0n) is 13.9. The predicted molar refractivity (Wildman–Crippen MR) is 88.0 cm³/mol. The molecule has 1 fully saturated rings. The normalized spacial score (nSPS) is 20.9. The van der Waals surface area contributed by atoms with Crippen LogP contribution in [-0.4, -0.2) is 51.2 Å². The lowest BCUT2D eigenvalue weighted by Gasteiger charge is -2.36. The van der Waals surface area contributed by atoms with E-state index in [0.29, 0.717) is 56.7 Å². The predicted octanol–water partition coefficient (Wildman–Crippen LogP) is -0.115. The van der Waals surface area contributed by atoms with Crippen LogP contribution in [0, 0.1) is 5.92 Å². The van der Waals surface area contributed by atoms with Crippen LogP contribution in [0.1, 0.15) is 37.4 Å². The van der Waals surface area contributed by atoms with E-state index in [0.717, 1.165) is 6.42 Å². The van der Waals surface area contributed by atoms with Crippen molar-refractivity contribution < 1.29 is 9.59 Å². The lowest BCUT2D eigenvalue weighted by atomic mass is 9.94. The van der Waals surface area contributed by atoms with Crippen molar-refractivity contribution >= 4 is 17.8 Å². The monoisotopic (exact) mass is 333 g/mol. The second kappa shape index (κ2) is 6.62. The summed E-state index contributed by atoms with van der Waals surface area (Å²) in [4.78, 5) is 46.8. The van der Waals surface area contributed by atoms with Gasteiger partial charge in [-0.2, -0.15) is 0 Å². The molecule has 0 radical (unpaired) electrons. The van der Waals surface area contributed by atoms with Crippen LogP contribution in [0.15, 0.2) is 4.79 Å². The smallest absolute Gasteiger partial charge is 0.255 e. The number of likely N-dealkylation sites (tertiary alicyclic amines) is 1. The Balaban J connectivity index is 1.72. The second-order valence-corrected chi connectivity index (χ2v) is 6.46. The van der Waals surface area contributed by atoms with Gasteiger partial charge in [-0.15, -0.1) is 0 Å². The van der Waals surface area contributed by atoms with Gasteiger partial charge in [-0.05, 0) is 19.3 Å². The van der Waals surface area contributed by atoms with Gasteiger partial charge in [0.25, 0.3) is 5.56 Å². The Labute approximate surface area is 140 Å². The van der Waals surface area contributed by atoms with Gasteiger partial charge in [-0.1, -0.05) is 6.92 Å². The third-order valence-corrected chi connectivity index (χ3v) is 4.75. The van der Waals surface area contributed by atoms with Crippen LogP contribution >= 0.6 is 0 Å². The van der Waals surface area contributed by atoms with E-state index in [1.807, 2.05) is 6.92 Å². The van der Waals surface area contributed by atoms with Crippen LogP contribution in [0.25, 0.3) is 0 Å². The van der Waals surface area contributed by atoms with Crippen LogP contribution in [0.3, 0.4) is 0 Å². The van der Waals surface area contributed by atoms with Crippen molar-refractivity contribution in [3.05, 3.63) is 21.6 Å². The summed E-state index contributed by atoms with van der Waals surface area (Å²) in [7, 11) is 0. The summed E-state index contributed by atoms with van der Waals surface area (Å²) in [5.74, 6) is 0.0707. The van der Waals surface area contributed by atoms with Crippen LogP contribution in [0.5, 0.6) is 0 Å². The minimum absolute atomic E-state index is 0.0370. The van der Waals surface area contributed by atoms with Crippen molar-refractivity contribution in [2.45, 2.75) is 39.2 Å². The summed E-state index contributed by atoms with van der Waals surface area (Å²) in [6.07, 6.45) is 2.38. The van der Waals surface area contributed by atoms with Gasteiger partial charge in [0.05, 0.1) is 18.2 Å². The van der Waals surface area contributed by atoms with Crippen molar-refractivity contribution in [2.75, 3.05) is 25.4 Å². The Hall–Kier alpha value is -2.38. The highest BCUT2D eigenvalue weighted by Gasteiger charge is 2.34. The van der Waals surface area contributed by atoms with Gasteiger partial charge in [-0.3, -0.25) is 19.4 Å². The van der Waals surface area contributed by atoms with Gasteiger partial charge in [0.1, 0.15) is 0 Å². The van der Waals surface area contributed by atoms with E-state index in [-0.39, 0.29) is 29.2 Å². The number of amides is 2. The van der Waals surface area contributed by atoms with Gasteiger partial charge in [0.15, 0.2) is 0 Å². The molecule has 2 aliphatic rings. The molecule has 2 amide bonds. The lowest BCUT2D eigenvalue weighted by molar-refractivity contribution is -0.143. The standard InChI is InChI=1S/C16H23N5O3/c1-2-6-20-8-10(3-4-13(20)22)15(24)21-7-5-11-12(9-21)18-16(17)19-14(11)23/h10H,2-9H2,1H3,(H3,17,18,19,23). The largest absolute Gasteiger partial charge is 0.369 e. The van der Waals surface area contributed by atoms with E-state index >= 15 is 0 Å². The van der Waals surface area contributed by atoms with Crippen LogP contribution in [-0.2, 0) is 22.6 Å². The molecular weight excluding hydrogens is 310 g/mol. The number of nitrogen functional groups attached to an aromatic ring is 1. The summed E-state index contributed by atoms with van der Waals surface area (Å²) in [5.41, 5.74) is 6.57. The average molecular weight is 333 g/mol. The molecule has 3 N–H and O–H groups in total. The highest BCUT2D eigenvalue weighted by molar-refractivity contribution is 5.84. The second-order valence-electron chi connectivity index (χ2n) is 6.46. The fourth-order valence-corrected chi connectivity index (χ4v) is 3.51. The van der Waals surface area contributed by atoms with Crippen molar-refractivity contribution in [3.8, 4) is 0 Å². The molecule has 8 nitrogen and oxygen atoms in total. The summed E-state index contributed by atoms with van der Waals surface area (Å²) >= 11 is 0. The summed E-state index contributed by atoms with van der Waals surface area (Å²) in [5, 5.41) is 0. The van der Waals surface area contributed by atoms with Gasteiger partial charge in [0, 0.05) is 31.6 Å². The first-order valence-corrected chi connectivity index (χ1v) is 8.43. The number of nitrogens with zero attached hydrogens (tertiary/aromatic N) is 3. The molecule has 1 aromatic rings. The zero-order chi connectivity index (χ0) is 17.3. The molecule has 0 spiro atoms. The van der Waals surface area contributed by atoms with E-state index in [4.69, 9.17) is 5.73 Å². The van der Waals surface area contributed by atoms with Gasteiger partial charge in [0.2, 0.25) is 17.8 Å². The highest BCUT2D eigenvalue weighted by atomic mass is 16.2. The molecule has 3 rings (SSSR count). The molecule has 130 valence electrons. The maximum Gasteiger partial charge on any atom is 0.255 e. The number of carbonyl (C=O) groups excluding carboxylic acids is 2. The van der Waals surface area contributed by atoms with E-state index < -0.39 is 0 Å². The molecular formula is C16H23N5O3. The molecule has 3 heterocycles. The van der Waals surface area contributed by atoms with Gasteiger partial charge >= 0.3 is 0 Å². The Morgan fingerprint density at radius 3 is 2.92 bits per heavy atom. The molecule has 2 aliphatic heterocycles. The fraction of sp³-hybridized carbons (Fsp3) is 0.625. The van der Waals surface area contributed by atoms with Gasteiger partial charge in [-0.25, -0.2) is 4.98 Å². The Kier molecular flexibility index (Phi) is 4.55. The summed E-state index contributed by atoms with van der Waals surface area (Å²) in [6, 6.07) is 0. The van der Waals surface area contributed by atoms with Crippen molar-refractivity contribution in [1.82, 2.24) is 19.8 Å². The number of hydrogen-bond donors (Lipinski definition) is 2. The number of nitrogens with two attached hydrogens (primary N) is 1. The van der Waals surface area contributed by atoms with Crippen molar-refractivity contribution in [1.29, 1.82) is 0 Å². The molecule has 1 aromatic heterocycles. The molecule has 0 aliphatic carbocycles. The van der Waals surface area contributed by atoms with Crippen LogP contribution < -0.4 is 11.3 Å². The number of nitrogens with one attached hydrogen (secondary N) is 1. The topological polar surface area (TPSA) is 112 Å². The third-order valence-electron chi connectivity index (χ3n) is 4.75. The maximum atomic E-state index is 12.8. The number of carbonyl (C=O) groups is 2. The maximum absolute atomic E-state index is 12.8. The first-order chi connectivity index (χ1) is 11.5. The summed E-state index contributed by atoms with van der Waals surface area (Å²) < 4.78 is 0. The number of anilines is 1. The summed E-state index contributed by atoms with van der Waals surface area (Å²) in [6.45, 7) is 4.01. The number of fused-ring (bicyclic) bond motifs is 1. The average Bonchev–Trinajstić information content (AvgIpc) is 2.55. The van der Waals surface area contributed by atoms with Crippen molar-refractivity contribution in [2.24, 2.45) is 5.92 Å². The highest BCUT2D eigenvalue weighted by Crippen LogP contribution is 2.23. The molecule has 1 unspecified atom stereocenters. The van der Waals surface area contributed by atoms with Gasteiger partial charge < -0.3 is 15.5 Å². The van der Waals surface area contributed by atoms with E-state index in [1.165, 1.54) is 0 Å². The molecule has 24 heavy (non-hydrogen) atoms. The Bertz CT molecular complexity index is 714. The number of aromatic nitrogens is 2. The zero-order valence-corrected chi connectivity index (χ0v) is 13.9. The minimum Gasteiger partial charge on any atom is -0.369 e. The van der Waals surface area contributed by atoms with Crippen molar-refractivity contribution in [3.63, 3.8) is 0 Å². The molecule has 0 aromatic carbocycles. The number of rotatable bonds is 3. The Morgan fingerprint density at radius 2 is 2.17 bits per heavy atom. The van der Waals surface area contributed by atoms with E-state index in [9.17, 15) is 14.4 Å². The Morgan fingerprint density at radius 1 is 1.38 bits per heavy atom. The molecule has 0 saturated carbocycles. The van der Waals surface area contributed by atoms with Crippen LogP contribution in [0.4, 0.5) is 5.95 Å². The molecule has 1 saturated heterocycles. The SMILES string of the molecule is CCCN1CC(C(=O)N2CCc3c(nc(N)[nH]c3=O)C2)CCC1=O. The first-order valence-electron chi connectivity index (χ1n) is 8.43. The van der Waals surface area contributed by atoms with E-state index in [1.54, 1.807) is 9.80 Å². The number of piperidine rings is 1. The lowest BCUT2D eigenvalue weighted by Crippen LogP contribution is -2.48. The number of H-pyrrole nitrogens is 1. The van der Waals surface area contributed by atoms with Crippen LogP contribution in [0.2, 0.25) is 0 Å². The quantitative estimate of drug-likeness (QED) is 0.801. The first kappa shape index (κ1) is 16.5.